The van der Waals surface area contributed by atoms with Gasteiger partial charge in [-0.15, -0.1) is 0 Å². The molecule has 3 amide bonds. The van der Waals surface area contributed by atoms with Crippen molar-refractivity contribution in [2.75, 3.05) is 17.2 Å². The van der Waals surface area contributed by atoms with E-state index in [1.165, 1.54) is 4.90 Å². The molecular formula is C19H25N5O3S. The molecule has 0 aliphatic heterocycles. The Balaban J connectivity index is 2.49. The highest BCUT2D eigenvalue weighted by Crippen LogP contribution is 2.28. The number of aryl methyl sites for hydroxylation is 2. The number of primary amides is 1. The fraction of sp³-hybridized carbons (Fsp3) is 0.368. The summed E-state index contributed by atoms with van der Waals surface area (Å²) < 4.78 is 3.89. The molecule has 1 aromatic heterocycles. The molecule has 150 valence electrons. The van der Waals surface area contributed by atoms with Gasteiger partial charge in [-0.3, -0.25) is 19.3 Å². The lowest BCUT2D eigenvalue weighted by Crippen LogP contribution is -2.47. The Bertz CT molecular complexity index is 930. The first-order chi connectivity index (χ1) is 12.9. The highest BCUT2D eigenvalue weighted by Gasteiger charge is 2.29. The Hall–Kier alpha value is -2.94. The monoisotopic (exact) mass is 403 g/mol. The fourth-order valence-electron chi connectivity index (χ4n) is 2.63. The van der Waals surface area contributed by atoms with Crippen molar-refractivity contribution in [3.63, 3.8) is 0 Å². The maximum Gasteiger partial charge on any atom is 0.272 e. The van der Waals surface area contributed by atoms with E-state index in [0.29, 0.717) is 5.69 Å². The Kier molecular flexibility index (Phi) is 6.08. The smallest absolute Gasteiger partial charge is 0.272 e. The predicted molar refractivity (Wildman–Crippen MR) is 111 cm³/mol. The summed E-state index contributed by atoms with van der Waals surface area (Å²) in [6, 6.07) is 5.62. The van der Waals surface area contributed by atoms with Crippen molar-refractivity contribution >= 4 is 40.6 Å². The zero-order chi connectivity index (χ0) is 21.2. The van der Waals surface area contributed by atoms with Crippen molar-refractivity contribution in [2.45, 2.75) is 40.2 Å². The molecule has 1 heterocycles. The number of hydrogen-bond acceptors (Lipinski definition) is 6. The van der Waals surface area contributed by atoms with Crippen LogP contribution in [0.3, 0.4) is 0 Å². The summed E-state index contributed by atoms with van der Waals surface area (Å²) in [4.78, 5) is 38.6. The zero-order valence-corrected chi connectivity index (χ0v) is 17.4. The molecule has 0 atom stereocenters. The second kappa shape index (κ2) is 7.97. The molecule has 0 radical (unpaired) electrons. The quantitative estimate of drug-likeness (QED) is 0.703. The van der Waals surface area contributed by atoms with Crippen LogP contribution in [0.4, 0.5) is 11.4 Å². The van der Waals surface area contributed by atoms with Crippen LogP contribution in [-0.2, 0) is 4.79 Å². The molecule has 0 bridgehead atoms. The number of nitrogens with one attached hydrogen (secondary N) is 1. The number of hydrogen-bond donors (Lipinski definition) is 3. The largest absolute Gasteiger partial charge is 0.395 e. The molecule has 0 saturated heterocycles. The summed E-state index contributed by atoms with van der Waals surface area (Å²) in [7, 11) is 0. The van der Waals surface area contributed by atoms with Crippen LogP contribution < -0.4 is 21.7 Å². The number of nitrogens with two attached hydrogens (primary N) is 2. The number of aromatic nitrogens is 1. The number of carbonyl (C=O) groups excluding carboxylic acids is 3. The van der Waals surface area contributed by atoms with E-state index in [0.717, 1.165) is 22.7 Å². The summed E-state index contributed by atoms with van der Waals surface area (Å²) in [5.41, 5.74) is 12.8. The summed E-state index contributed by atoms with van der Waals surface area (Å²) >= 11 is 0.787. The van der Waals surface area contributed by atoms with Gasteiger partial charge in [0.1, 0.15) is 11.4 Å². The van der Waals surface area contributed by atoms with Crippen molar-refractivity contribution < 1.29 is 14.4 Å². The molecular weight excluding hydrogens is 378 g/mol. The van der Waals surface area contributed by atoms with E-state index >= 15 is 0 Å². The van der Waals surface area contributed by atoms with E-state index in [-0.39, 0.29) is 28.7 Å². The third-order valence-corrected chi connectivity index (χ3v) is 4.72. The summed E-state index contributed by atoms with van der Waals surface area (Å²) in [5, 5.41) is 2.85. The van der Waals surface area contributed by atoms with Crippen molar-refractivity contribution in [3.8, 4) is 0 Å². The molecule has 9 heteroatoms. The van der Waals surface area contributed by atoms with Gasteiger partial charge in [-0.25, -0.2) is 0 Å². The Labute approximate surface area is 168 Å². The highest BCUT2D eigenvalue weighted by molar-refractivity contribution is 7.09. The molecule has 1 aromatic carbocycles. The molecule has 0 aliphatic rings. The van der Waals surface area contributed by atoms with Crippen molar-refractivity contribution in [2.24, 2.45) is 5.73 Å². The minimum absolute atomic E-state index is 0.0678. The third-order valence-electron chi connectivity index (χ3n) is 3.87. The molecule has 28 heavy (non-hydrogen) atoms. The molecule has 0 unspecified atom stereocenters. The van der Waals surface area contributed by atoms with Crippen LogP contribution in [0.5, 0.6) is 0 Å². The lowest BCUT2D eigenvalue weighted by atomic mass is 10.1. The van der Waals surface area contributed by atoms with E-state index in [1.807, 2.05) is 52.8 Å². The maximum atomic E-state index is 13.3. The van der Waals surface area contributed by atoms with Crippen LogP contribution in [0.2, 0.25) is 0 Å². The lowest BCUT2D eigenvalue weighted by molar-refractivity contribution is -0.121. The van der Waals surface area contributed by atoms with E-state index in [1.54, 1.807) is 0 Å². The third kappa shape index (κ3) is 4.86. The highest BCUT2D eigenvalue weighted by atomic mass is 32.1. The predicted octanol–water partition coefficient (Wildman–Crippen LogP) is 2.00. The van der Waals surface area contributed by atoms with Gasteiger partial charge >= 0.3 is 0 Å². The van der Waals surface area contributed by atoms with Gasteiger partial charge in [0.15, 0.2) is 5.69 Å². The average Bonchev–Trinajstić information content (AvgIpc) is 2.94. The number of carbonyl (C=O) groups is 3. The van der Waals surface area contributed by atoms with Gasteiger partial charge in [0.05, 0.1) is 5.69 Å². The number of anilines is 2. The van der Waals surface area contributed by atoms with Crippen LogP contribution in [0, 0.1) is 13.8 Å². The first-order valence-corrected chi connectivity index (χ1v) is 9.43. The maximum absolute atomic E-state index is 13.3. The standard InChI is InChI=1S/C19H25N5O3S/c1-10-6-7-11(2)12(8-10)24(9-13(25)22-19(3,4)5)18(27)16-14(20)15(17(21)26)23-28-16/h6-8H,9,20H2,1-5H3,(H2,21,26)(H,22,25). The van der Waals surface area contributed by atoms with Gasteiger partial charge in [0.2, 0.25) is 5.91 Å². The van der Waals surface area contributed by atoms with Crippen LogP contribution in [0.25, 0.3) is 0 Å². The van der Waals surface area contributed by atoms with Crippen LogP contribution >= 0.6 is 11.5 Å². The zero-order valence-electron chi connectivity index (χ0n) is 16.6. The molecule has 0 spiro atoms. The first kappa shape index (κ1) is 21.4. The average molecular weight is 404 g/mol. The van der Waals surface area contributed by atoms with Crippen molar-refractivity contribution in [1.82, 2.24) is 9.69 Å². The number of benzene rings is 1. The summed E-state index contributed by atoms with van der Waals surface area (Å²) in [6.45, 7) is 9.11. The molecule has 0 saturated carbocycles. The van der Waals surface area contributed by atoms with Crippen LogP contribution in [-0.4, -0.2) is 34.2 Å². The SMILES string of the molecule is Cc1ccc(C)c(N(CC(=O)NC(C)(C)C)C(=O)c2snc(C(N)=O)c2N)c1. The fourth-order valence-corrected chi connectivity index (χ4v) is 3.38. The number of nitrogens with zero attached hydrogens (tertiary/aromatic N) is 2. The molecule has 2 rings (SSSR count). The van der Waals surface area contributed by atoms with Crippen molar-refractivity contribution in [1.29, 1.82) is 0 Å². The van der Waals surface area contributed by atoms with Gasteiger partial charge < -0.3 is 16.8 Å². The second-order valence-electron chi connectivity index (χ2n) is 7.62. The summed E-state index contributed by atoms with van der Waals surface area (Å²) in [5.74, 6) is -1.64. The Morgan fingerprint density at radius 1 is 1.21 bits per heavy atom. The minimum atomic E-state index is -0.809. The normalized spacial score (nSPS) is 11.2. The van der Waals surface area contributed by atoms with Gasteiger partial charge in [0.25, 0.3) is 11.8 Å². The van der Waals surface area contributed by atoms with E-state index in [9.17, 15) is 14.4 Å². The molecule has 2 aromatic rings. The van der Waals surface area contributed by atoms with Gasteiger partial charge in [-0.1, -0.05) is 12.1 Å². The number of rotatable bonds is 5. The lowest BCUT2D eigenvalue weighted by Gasteiger charge is -2.27. The molecule has 0 aliphatic carbocycles. The minimum Gasteiger partial charge on any atom is -0.395 e. The Morgan fingerprint density at radius 3 is 2.39 bits per heavy atom. The van der Waals surface area contributed by atoms with Crippen molar-refractivity contribution in [3.05, 3.63) is 39.9 Å². The van der Waals surface area contributed by atoms with Crippen LogP contribution in [0.1, 0.15) is 52.1 Å². The molecule has 5 N–H and O–H groups in total. The van der Waals surface area contributed by atoms with Gasteiger partial charge in [0, 0.05) is 11.2 Å². The number of amides is 3. The summed E-state index contributed by atoms with van der Waals surface area (Å²) in [6.07, 6.45) is 0. The number of nitrogen functional groups attached to an aromatic ring is 1. The topological polar surface area (TPSA) is 131 Å². The molecule has 0 fully saturated rings. The van der Waals surface area contributed by atoms with Crippen LogP contribution in [0.15, 0.2) is 18.2 Å². The van der Waals surface area contributed by atoms with Gasteiger partial charge in [-0.2, -0.15) is 4.37 Å². The second-order valence-corrected chi connectivity index (χ2v) is 8.39. The van der Waals surface area contributed by atoms with Gasteiger partial charge in [-0.05, 0) is 63.3 Å². The Morgan fingerprint density at radius 2 is 1.86 bits per heavy atom. The molecule has 8 nitrogen and oxygen atoms in total. The van der Waals surface area contributed by atoms with E-state index < -0.39 is 17.4 Å². The van der Waals surface area contributed by atoms with E-state index in [4.69, 9.17) is 11.5 Å². The first-order valence-electron chi connectivity index (χ1n) is 8.66. The van der Waals surface area contributed by atoms with E-state index in [2.05, 4.69) is 9.69 Å².